The number of carbonyl (C=O) groups excluding carboxylic acids is 1. The van der Waals surface area contributed by atoms with Crippen LogP contribution in [0.1, 0.15) is 51.6 Å². The number of piperidine rings is 1. The molecule has 3 rings (SSSR count). The first kappa shape index (κ1) is 22.0. The second-order valence-electron chi connectivity index (χ2n) is 7.98. The third-order valence-corrected chi connectivity index (χ3v) is 7.16. The fourth-order valence-electron chi connectivity index (χ4n) is 3.79. The van der Waals surface area contributed by atoms with Gasteiger partial charge in [0.15, 0.2) is 0 Å². The topological polar surface area (TPSA) is 32.3 Å². The maximum Gasteiger partial charge on any atom is 0.233 e. The van der Waals surface area contributed by atoms with E-state index in [1.807, 2.05) is 31.2 Å². The quantitative estimate of drug-likeness (QED) is 0.521. The first-order valence-corrected chi connectivity index (χ1v) is 11.8. The molecule has 0 radical (unpaired) electrons. The lowest BCUT2D eigenvalue weighted by Gasteiger charge is -2.33. The molecule has 0 aliphatic carbocycles. The van der Waals surface area contributed by atoms with Gasteiger partial charge in [-0.2, -0.15) is 0 Å². The number of amides is 1. The Bertz CT molecular complexity index is 794. The van der Waals surface area contributed by atoms with Crippen LogP contribution in [0, 0.1) is 5.92 Å². The number of hydrogen-bond donors (Lipinski definition) is 1. The van der Waals surface area contributed by atoms with Gasteiger partial charge in [0.2, 0.25) is 5.91 Å². The second-order valence-corrected chi connectivity index (χ2v) is 9.70. The van der Waals surface area contributed by atoms with E-state index in [0.717, 1.165) is 35.9 Å². The van der Waals surface area contributed by atoms with Crippen LogP contribution >= 0.6 is 23.4 Å². The number of nitrogens with one attached hydrogen (secondary N) is 1. The summed E-state index contributed by atoms with van der Waals surface area (Å²) < 4.78 is 0. The van der Waals surface area contributed by atoms with Crippen LogP contribution in [-0.2, 0) is 4.79 Å². The number of anilines is 1. The highest BCUT2D eigenvalue weighted by Crippen LogP contribution is 2.28. The highest BCUT2D eigenvalue weighted by atomic mass is 35.5. The molecule has 0 unspecified atom stereocenters. The molecule has 0 bridgehead atoms. The third kappa shape index (κ3) is 6.16. The van der Waals surface area contributed by atoms with Crippen LogP contribution in [0.3, 0.4) is 0 Å². The number of carbonyl (C=O) groups is 1. The molecule has 3 atom stereocenters. The van der Waals surface area contributed by atoms with Crippen molar-refractivity contribution in [3.05, 3.63) is 59.1 Å². The Kier molecular flexibility index (Phi) is 7.91. The molecule has 3 nitrogen and oxygen atoms in total. The van der Waals surface area contributed by atoms with Crippen molar-refractivity contribution in [2.75, 3.05) is 18.0 Å². The average Bonchev–Trinajstić information content (AvgIpc) is 2.73. The van der Waals surface area contributed by atoms with Gasteiger partial charge in [0, 0.05) is 28.7 Å². The number of rotatable bonds is 7. The van der Waals surface area contributed by atoms with E-state index in [1.54, 1.807) is 11.8 Å². The van der Waals surface area contributed by atoms with E-state index in [2.05, 4.69) is 48.3 Å². The van der Waals surface area contributed by atoms with Crippen LogP contribution < -0.4 is 10.2 Å². The average molecular weight is 431 g/mol. The van der Waals surface area contributed by atoms with Gasteiger partial charge in [-0.1, -0.05) is 37.6 Å². The monoisotopic (exact) mass is 430 g/mol. The Balaban J connectivity index is 1.58. The molecular formula is C24H31ClN2OS. The molecule has 1 amide bonds. The van der Waals surface area contributed by atoms with E-state index >= 15 is 0 Å². The maximum absolute atomic E-state index is 12.8. The molecule has 1 heterocycles. The van der Waals surface area contributed by atoms with Gasteiger partial charge in [-0.15, -0.1) is 11.8 Å². The number of hydrogen-bond acceptors (Lipinski definition) is 3. The summed E-state index contributed by atoms with van der Waals surface area (Å²) in [6, 6.07) is 16.3. The van der Waals surface area contributed by atoms with Crippen molar-refractivity contribution < 1.29 is 4.79 Å². The predicted octanol–water partition coefficient (Wildman–Crippen LogP) is 6.32. The third-order valence-electron chi connectivity index (χ3n) is 5.53. The molecule has 0 saturated carbocycles. The number of benzene rings is 2. The summed E-state index contributed by atoms with van der Waals surface area (Å²) in [4.78, 5) is 16.3. The molecule has 29 heavy (non-hydrogen) atoms. The Hall–Kier alpha value is -1.65. The molecule has 1 aliphatic rings. The van der Waals surface area contributed by atoms with Gasteiger partial charge in [0.1, 0.15) is 0 Å². The lowest BCUT2D eigenvalue weighted by molar-refractivity contribution is -0.121. The van der Waals surface area contributed by atoms with Crippen molar-refractivity contribution in [3.63, 3.8) is 0 Å². The van der Waals surface area contributed by atoms with Gasteiger partial charge < -0.3 is 10.2 Å². The van der Waals surface area contributed by atoms with E-state index < -0.39 is 0 Å². The maximum atomic E-state index is 12.8. The summed E-state index contributed by atoms with van der Waals surface area (Å²) in [7, 11) is 0. The minimum Gasteiger partial charge on any atom is -0.371 e. The van der Waals surface area contributed by atoms with E-state index in [1.165, 1.54) is 18.5 Å². The van der Waals surface area contributed by atoms with Gasteiger partial charge in [0.05, 0.1) is 11.3 Å². The largest absolute Gasteiger partial charge is 0.371 e. The fraction of sp³-hybridized carbons (Fsp3) is 0.458. The van der Waals surface area contributed by atoms with E-state index in [9.17, 15) is 4.79 Å². The molecule has 5 heteroatoms. The lowest BCUT2D eigenvalue weighted by Crippen LogP contribution is -2.35. The van der Waals surface area contributed by atoms with Crippen molar-refractivity contribution >= 4 is 35.0 Å². The van der Waals surface area contributed by atoms with Crippen LogP contribution in [0.15, 0.2) is 53.4 Å². The van der Waals surface area contributed by atoms with Gasteiger partial charge in [-0.05, 0) is 74.1 Å². The first-order valence-electron chi connectivity index (χ1n) is 10.5. The van der Waals surface area contributed by atoms with Gasteiger partial charge >= 0.3 is 0 Å². The van der Waals surface area contributed by atoms with Crippen LogP contribution in [0.4, 0.5) is 5.69 Å². The normalized spacial score (nSPS) is 18.9. The zero-order valence-electron chi connectivity index (χ0n) is 17.5. The van der Waals surface area contributed by atoms with Crippen LogP contribution in [0.25, 0.3) is 0 Å². The zero-order valence-corrected chi connectivity index (χ0v) is 19.1. The minimum absolute atomic E-state index is 0.0169. The number of nitrogens with zero attached hydrogens (tertiary/aromatic N) is 1. The van der Waals surface area contributed by atoms with E-state index in [-0.39, 0.29) is 17.2 Å². The second kappa shape index (κ2) is 10.4. The van der Waals surface area contributed by atoms with Crippen molar-refractivity contribution in [2.24, 2.45) is 5.92 Å². The van der Waals surface area contributed by atoms with Crippen molar-refractivity contribution in [1.82, 2.24) is 5.32 Å². The van der Waals surface area contributed by atoms with Crippen molar-refractivity contribution in [2.45, 2.75) is 56.2 Å². The van der Waals surface area contributed by atoms with Crippen LogP contribution in [-0.4, -0.2) is 24.2 Å². The van der Waals surface area contributed by atoms with E-state index in [4.69, 9.17) is 11.6 Å². The van der Waals surface area contributed by atoms with Gasteiger partial charge in [-0.25, -0.2) is 0 Å². The fourth-order valence-corrected chi connectivity index (χ4v) is 4.88. The SMILES string of the molecule is CC[C@H](Sc1ccc(Cl)cc1)C(=O)N[C@H](C)c1ccc(N2CCC[C@@H](C)C2)cc1. The van der Waals surface area contributed by atoms with Gasteiger partial charge in [0.25, 0.3) is 0 Å². The molecule has 0 spiro atoms. The van der Waals surface area contributed by atoms with Gasteiger partial charge in [-0.3, -0.25) is 4.79 Å². The van der Waals surface area contributed by atoms with E-state index in [0.29, 0.717) is 5.02 Å². The highest BCUT2D eigenvalue weighted by molar-refractivity contribution is 8.00. The molecule has 1 N–H and O–H groups in total. The van der Waals surface area contributed by atoms with Crippen LogP contribution in [0.2, 0.25) is 5.02 Å². The Morgan fingerprint density at radius 3 is 2.52 bits per heavy atom. The molecule has 2 aromatic carbocycles. The predicted molar refractivity (Wildman–Crippen MR) is 125 cm³/mol. The van der Waals surface area contributed by atoms with Crippen molar-refractivity contribution in [1.29, 1.82) is 0 Å². The zero-order chi connectivity index (χ0) is 20.8. The van der Waals surface area contributed by atoms with Crippen LogP contribution in [0.5, 0.6) is 0 Å². The Morgan fingerprint density at radius 2 is 1.90 bits per heavy atom. The molecule has 1 fully saturated rings. The molecule has 2 aromatic rings. The molecular weight excluding hydrogens is 400 g/mol. The summed E-state index contributed by atoms with van der Waals surface area (Å²) in [6.45, 7) is 8.69. The molecule has 1 saturated heterocycles. The summed E-state index contributed by atoms with van der Waals surface area (Å²) in [5.74, 6) is 0.833. The standard InChI is InChI=1S/C24H31ClN2OS/c1-4-23(29-22-13-9-20(25)10-14-22)24(28)26-18(3)19-7-11-21(12-8-19)27-15-5-6-17(2)16-27/h7-14,17-18,23H,4-6,15-16H2,1-3H3,(H,26,28)/t17-,18-,23+/m1/s1. The molecule has 156 valence electrons. The van der Waals surface area contributed by atoms with Crippen molar-refractivity contribution in [3.8, 4) is 0 Å². The molecule has 1 aliphatic heterocycles. The number of thioether (sulfide) groups is 1. The summed E-state index contributed by atoms with van der Waals surface area (Å²) in [5.41, 5.74) is 2.42. The lowest BCUT2D eigenvalue weighted by atomic mass is 9.99. The summed E-state index contributed by atoms with van der Waals surface area (Å²) >= 11 is 7.54. The minimum atomic E-state index is -0.118. The first-order chi connectivity index (χ1) is 14.0. The smallest absolute Gasteiger partial charge is 0.233 e. The molecule has 0 aromatic heterocycles. The summed E-state index contributed by atoms with van der Waals surface area (Å²) in [5, 5.41) is 3.78. The Morgan fingerprint density at radius 1 is 1.21 bits per heavy atom. The Labute approximate surface area is 184 Å². The number of halogens is 1. The summed E-state index contributed by atoms with van der Waals surface area (Å²) in [6.07, 6.45) is 3.36. The highest BCUT2D eigenvalue weighted by Gasteiger charge is 2.21.